The highest BCUT2D eigenvalue weighted by molar-refractivity contribution is 5.95. The van der Waals surface area contributed by atoms with Crippen LogP contribution in [0.5, 0.6) is 0 Å². The minimum Gasteiger partial charge on any atom is -0.396 e. The topological polar surface area (TPSA) is 66.4 Å². The molecule has 1 amide bonds. The molecule has 4 heteroatoms. The fraction of sp³-hybridized carbons (Fsp3) is 0.467. The first-order valence-electron chi connectivity index (χ1n) is 6.71. The summed E-state index contributed by atoms with van der Waals surface area (Å²) < 4.78 is 0. The van der Waals surface area contributed by atoms with Gasteiger partial charge >= 0.3 is 0 Å². The fourth-order valence-electron chi connectivity index (χ4n) is 2.58. The van der Waals surface area contributed by atoms with E-state index >= 15 is 0 Å². The third kappa shape index (κ3) is 3.41. The van der Waals surface area contributed by atoms with Crippen molar-refractivity contribution in [1.29, 1.82) is 0 Å². The molecule has 0 aromatic heterocycles. The number of aliphatic hydroxyl groups is 1. The maximum absolute atomic E-state index is 12.1. The molecule has 102 valence electrons. The Bertz CT molecular complexity index is 441. The van der Waals surface area contributed by atoms with E-state index in [-0.39, 0.29) is 24.5 Å². The SMILES string of the molecule is O=Cc1ccc(C(=O)NC2CCCCC2CO)cc1. The summed E-state index contributed by atoms with van der Waals surface area (Å²) in [5.74, 6) is 0.0229. The quantitative estimate of drug-likeness (QED) is 0.812. The van der Waals surface area contributed by atoms with Crippen molar-refractivity contribution >= 4 is 12.2 Å². The number of rotatable bonds is 4. The molecule has 0 aliphatic heterocycles. The van der Waals surface area contributed by atoms with Gasteiger partial charge < -0.3 is 10.4 Å². The number of hydrogen-bond acceptors (Lipinski definition) is 3. The number of benzene rings is 1. The van der Waals surface area contributed by atoms with Gasteiger partial charge in [0, 0.05) is 29.7 Å². The van der Waals surface area contributed by atoms with Crippen molar-refractivity contribution in [3.63, 3.8) is 0 Å². The molecule has 1 aliphatic rings. The average Bonchev–Trinajstić information content (AvgIpc) is 2.48. The Hall–Kier alpha value is -1.68. The van der Waals surface area contributed by atoms with E-state index in [0.717, 1.165) is 32.0 Å². The van der Waals surface area contributed by atoms with Gasteiger partial charge in [0.15, 0.2) is 0 Å². The molecule has 2 atom stereocenters. The summed E-state index contributed by atoms with van der Waals surface area (Å²) >= 11 is 0. The summed E-state index contributed by atoms with van der Waals surface area (Å²) in [7, 11) is 0. The zero-order valence-corrected chi connectivity index (χ0v) is 10.8. The Morgan fingerprint density at radius 3 is 2.58 bits per heavy atom. The van der Waals surface area contributed by atoms with Gasteiger partial charge in [-0.1, -0.05) is 25.0 Å². The number of hydrogen-bond donors (Lipinski definition) is 2. The summed E-state index contributed by atoms with van der Waals surface area (Å²) in [6, 6.07) is 6.61. The number of amides is 1. The summed E-state index contributed by atoms with van der Waals surface area (Å²) in [5.41, 5.74) is 1.11. The first kappa shape index (κ1) is 13.7. The van der Waals surface area contributed by atoms with E-state index in [1.807, 2.05) is 0 Å². The van der Waals surface area contributed by atoms with Gasteiger partial charge in [0.2, 0.25) is 0 Å². The van der Waals surface area contributed by atoms with Crippen LogP contribution in [0.15, 0.2) is 24.3 Å². The lowest BCUT2D eigenvalue weighted by atomic mass is 9.85. The van der Waals surface area contributed by atoms with Crippen molar-refractivity contribution in [2.45, 2.75) is 31.7 Å². The second kappa shape index (κ2) is 6.48. The molecule has 2 unspecified atom stereocenters. The van der Waals surface area contributed by atoms with Crippen LogP contribution in [-0.4, -0.2) is 29.9 Å². The van der Waals surface area contributed by atoms with Crippen molar-refractivity contribution in [2.24, 2.45) is 5.92 Å². The smallest absolute Gasteiger partial charge is 0.251 e. The van der Waals surface area contributed by atoms with Gasteiger partial charge in [0.1, 0.15) is 6.29 Å². The highest BCUT2D eigenvalue weighted by atomic mass is 16.3. The molecule has 1 saturated carbocycles. The third-order valence-electron chi connectivity index (χ3n) is 3.77. The van der Waals surface area contributed by atoms with Crippen molar-refractivity contribution in [2.75, 3.05) is 6.61 Å². The number of carbonyl (C=O) groups excluding carboxylic acids is 2. The molecule has 1 aromatic carbocycles. The minimum atomic E-state index is -0.136. The molecule has 1 fully saturated rings. The van der Waals surface area contributed by atoms with Crippen LogP contribution >= 0.6 is 0 Å². The molecule has 0 bridgehead atoms. The van der Waals surface area contributed by atoms with Crippen molar-refractivity contribution < 1.29 is 14.7 Å². The second-order valence-corrected chi connectivity index (χ2v) is 5.05. The Balaban J connectivity index is 2.00. The molecular weight excluding hydrogens is 242 g/mol. The average molecular weight is 261 g/mol. The van der Waals surface area contributed by atoms with Crippen LogP contribution in [0.25, 0.3) is 0 Å². The van der Waals surface area contributed by atoms with E-state index < -0.39 is 0 Å². The van der Waals surface area contributed by atoms with Gasteiger partial charge in [-0.05, 0) is 25.0 Å². The Labute approximate surface area is 112 Å². The van der Waals surface area contributed by atoms with E-state index in [0.29, 0.717) is 11.1 Å². The lowest BCUT2D eigenvalue weighted by Crippen LogP contribution is -2.43. The predicted molar refractivity (Wildman–Crippen MR) is 72.1 cm³/mol. The zero-order chi connectivity index (χ0) is 13.7. The second-order valence-electron chi connectivity index (χ2n) is 5.05. The molecule has 0 heterocycles. The van der Waals surface area contributed by atoms with Crippen LogP contribution in [0.2, 0.25) is 0 Å². The Morgan fingerprint density at radius 2 is 1.95 bits per heavy atom. The lowest BCUT2D eigenvalue weighted by Gasteiger charge is -2.30. The highest BCUT2D eigenvalue weighted by Gasteiger charge is 2.25. The first-order chi connectivity index (χ1) is 9.24. The molecule has 2 N–H and O–H groups in total. The standard InChI is InChI=1S/C15H19NO3/c17-9-11-5-7-12(8-6-11)15(19)16-14-4-2-1-3-13(14)10-18/h5-9,13-14,18H,1-4,10H2,(H,16,19). The molecular formula is C15H19NO3. The van der Waals surface area contributed by atoms with Crippen LogP contribution < -0.4 is 5.32 Å². The number of aldehydes is 1. The number of aliphatic hydroxyl groups excluding tert-OH is 1. The van der Waals surface area contributed by atoms with Crippen LogP contribution in [0.1, 0.15) is 46.4 Å². The summed E-state index contributed by atoms with van der Waals surface area (Å²) in [6.45, 7) is 0.120. The third-order valence-corrected chi connectivity index (χ3v) is 3.77. The van der Waals surface area contributed by atoms with E-state index in [1.165, 1.54) is 0 Å². The van der Waals surface area contributed by atoms with E-state index in [1.54, 1.807) is 24.3 Å². The largest absolute Gasteiger partial charge is 0.396 e. The van der Waals surface area contributed by atoms with Crippen molar-refractivity contribution in [1.82, 2.24) is 5.32 Å². The summed E-state index contributed by atoms with van der Waals surface area (Å²) in [6.07, 6.45) is 4.84. The number of carbonyl (C=O) groups is 2. The van der Waals surface area contributed by atoms with Gasteiger partial charge in [-0.3, -0.25) is 9.59 Å². The fourth-order valence-corrected chi connectivity index (χ4v) is 2.58. The molecule has 0 radical (unpaired) electrons. The lowest BCUT2D eigenvalue weighted by molar-refractivity contribution is 0.0872. The molecule has 1 aliphatic carbocycles. The van der Waals surface area contributed by atoms with Gasteiger partial charge in [-0.2, -0.15) is 0 Å². The van der Waals surface area contributed by atoms with Gasteiger partial charge in [0.25, 0.3) is 5.91 Å². The maximum Gasteiger partial charge on any atom is 0.251 e. The molecule has 0 saturated heterocycles. The first-order valence-corrected chi connectivity index (χ1v) is 6.71. The summed E-state index contributed by atoms with van der Waals surface area (Å²) in [5, 5.41) is 12.3. The molecule has 19 heavy (non-hydrogen) atoms. The molecule has 2 rings (SSSR count). The highest BCUT2D eigenvalue weighted by Crippen LogP contribution is 2.24. The number of nitrogens with one attached hydrogen (secondary N) is 1. The summed E-state index contributed by atoms with van der Waals surface area (Å²) in [4.78, 5) is 22.7. The Kier molecular flexibility index (Phi) is 4.68. The van der Waals surface area contributed by atoms with E-state index in [4.69, 9.17) is 0 Å². The van der Waals surface area contributed by atoms with Crippen LogP contribution in [0.4, 0.5) is 0 Å². The predicted octanol–water partition coefficient (Wildman–Crippen LogP) is 1.78. The molecule has 1 aromatic rings. The van der Waals surface area contributed by atoms with Crippen LogP contribution in [0, 0.1) is 5.92 Å². The normalized spacial score (nSPS) is 22.8. The monoisotopic (exact) mass is 261 g/mol. The van der Waals surface area contributed by atoms with Gasteiger partial charge in [-0.25, -0.2) is 0 Å². The van der Waals surface area contributed by atoms with Gasteiger partial charge in [0.05, 0.1) is 0 Å². The zero-order valence-electron chi connectivity index (χ0n) is 10.8. The van der Waals surface area contributed by atoms with Crippen LogP contribution in [-0.2, 0) is 0 Å². The molecule has 4 nitrogen and oxygen atoms in total. The van der Waals surface area contributed by atoms with Crippen molar-refractivity contribution in [3.8, 4) is 0 Å². The van der Waals surface area contributed by atoms with Crippen LogP contribution in [0.3, 0.4) is 0 Å². The maximum atomic E-state index is 12.1. The minimum absolute atomic E-state index is 0.0528. The Morgan fingerprint density at radius 1 is 1.26 bits per heavy atom. The van der Waals surface area contributed by atoms with E-state index in [9.17, 15) is 14.7 Å². The van der Waals surface area contributed by atoms with Crippen molar-refractivity contribution in [3.05, 3.63) is 35.4 Å². The van der Waals surface area contributed by atoms with Gasteiger partial charge in [-0.15, -0.1) is 0 Å². The van der Waals surface area contributed by atoms with E-state index in [2.05, 4.69) is 5.32 Å². The molecule has 0 spiro atoms.